The fraction of sp³-hybridized carbons (Fsp3) is 0.444. The van der Waals surface area contributed by atoms with Gasteiger partial charge in [0.05, 0.1) is 7.11 Å². The number of fused-ring (bicyclic) bond motifs is 1. The normalized spacial score (nSPS) is 21.1. The van der Waals surface area contributed by atoms with Gasteiger partial charge in [0.25, 0.3) is 0 Å². The monoisotopic (exact) mass is 461 g/mol. The van der Waals surface area contributed by atoms with Crippen molar-refractivity contribution in [2.75, 3.05) is 20.2 Å². The van der Waals surface area contributed by atoms with Crippen molar-refractivity contribution in [3.05, 3.63) is 60.0 Å². The van der Waals surface area contributed by atoms with E-state index in [1.165, 1.54) is 0 Å². The van der Waals surface area contributed by atoms with Crippen LogP contribution in [0.1, 0.15) is 55.9 Å². The first-order chi connectivity index (χ1) is 16.5. The van der Waals surface area contributed by atoms with Gasteiger partial charge in [0.2, 0.25) is 11.8 Å². The van der Waals surface area contributed by atoms with E-state index in [1.807, 2.05) is 53.4 Å². The van der Waals surface area contributed by atoms with Crippen molar-refractivity contribution in [3.63, 3.8) is 0 Å². The maximum absolute atomic E-state index is 13.1. The second-order valence-electron chi connectivity index (χ2n) is 9.53. The number of piperidine rings is 1. The first-order valence-electron chi connectivity index (χ1n) is 12.1. The standard InChI is InChI=1S/C27H31N3O4/c1-33-21-6-4-5-19(17-21)18-27(13-9-24(31)29-27)14-10-25(32)30-15-11-20(12-16-30)26-28-22-7-2-3-8-23(22)34-26/h2-8,17,20H,9-16,18H2,1H3,(H,29,31). The van der Waals surface area contributed by atoms with Crippen molar-refractivity contribution in [3.8, 4) is 5.75 Å². The third-order valence-electron chi connectivity index (χ3n) is 7.24. The summed E-state index contributed by atoms with van der Waals surface area (Å²) >= 11 is 0. The molecule has 0 radical (unpaired) electrons. The highest BCUT2D eigenvalue weighted by Gasteiger charge is 2.38. The minimum atomic E-state index is -0.379. The quantitative estimate of drug-likeness (QED) is 0.570. The molecule has 0 bridgehead atoms. The Morgan fingerprint density at radius 3 is 2.76 bits per heavy atom. The van der Waals surface area contributed by atoms with Crippen molar-refractivity contribution in [2.24, 2.45) is 0 Å². The van der Waals surface area contributed by atoms with E-state index in [4.69, 9.17) is 9.15 Å². The average Bonchev–Trinajstić information content (AvgIpc) is 3.46. The van der Waals surface area contributed by atoms with Crippen LogP contribution in [-0.4, -0.2) is 47.4 Å². The lowest BCUT2D eigenvalue weighted by Crippen LogP contribution is -2.45. The summed E-state index contributed by atoms with van der Waals surface area (Å²) < 4.78 is 11.3. The summed E-state index contributed by atoms with van der Waals surface area (Å²) in [5.74, 6) is 2.04. The van der Waals surface area contributed by atoms with Gasteiger partial charge in [-0.25, -0.2) is 4.98 Å². The van der Waals surface area contributed by atoms with E-state index in [0.29, 0.717) is 38.8 Å². The molecule has 7 nitrogen and oxygen atoms in total. The molecule has 0 saturated carbocycles. The van der Waals surface area contributed by atoms with Gasteiger partial charge in [-0.05, 0) is 61.9 Å². The number of carbonyl (C=O) groups is 2. The third kappa shape index (κ3) is 4.79. The zero-order chi connectivity index (χ0) is 23.5. The summed E-state index contributed by atoms with van der Waals surface area (Å²) in [6.45, 7) is 1.41. The van der Waals surface area contributed by atoms with Crippen molar-refractivity contribution in [1.82, 2.24) is 15.2 Å². The number of oxazole rings is 1. The molecule has 2 fully saturated rings. The summed E-state index contributed by atoms with van der Waals surface area (Å²) in [4.78, 5) is 31.8. The third-order valence-corrected chi connectivity index (χ3v) is 7.24. The van der Waals surface area contributed by atoms with Crippen molar-refractivity contribution in [1.29, 1.82) is 0 Å². The lowest BCUT2D eigenvalue weighted by Gasteiger charge is -2.33. The zero-order valence-corrected chi connectivity index (χ0v) is 19.6. The number of nitrogens with one attached hydrogen (secondary N) is 1. The highest BCUT2D eigenvalue weighted by atomic mass is 16.5. The van der Waals surface area contributed by atoms with Gasteiger partial charge < -0.3 is 19.4 Å². The molecule has 1 N–H and O–H groups in total. The van der Waals surface area contributed by atoms with Crippen molar-refractivity contribution < 1.29 is 18.7 Å². The van der Waals surface area contributed by atoms with Gasteiger partial charge >= 0.3 is 0 Å². The molecule has 1 atom stereocenters. The van der Waals surface area contributed by atoms with Gasteiger partial charge in [-0.3, -0.25) is 9.59 Å². The van der Waals surface area contributed by atoms with Gasteiger partial charge in [0.15, 0.2) is 11.5 Å². The van der Waals surface area contributed by atoms with Gasteiger partial charge in [-0.15, -0.1) is 0 Å². The average molecular weight is 462 g/mol. The Morgan fingerprint density at radius 1 is 1.21 bits per heavy atom. The molecular formula is C27H31N3O4. The molecule has 1 unspecified atom stereocenters. The molecule has 2 aromatic carbocycles. The van der Waals surface area contributed by atoms with Crippen molar-refractivity contribution >= 4 is 22.9 Å². The van der Waals surface area contributed by atoms with E-state index in [9.17, 15) is 9.59 Å². The molecule has 1 aromatic heterocycles. The Morgan fingerprint density at radius 2 is 2.03 bits per heavy atom. The summed E-state index contributed by atoms with van der Waals surface area (Å²) in [5, 5.41) is 3.18. The highest BCUT2D eigenvalue weighted by Crippen LogP contribution is 2.33. The number of aromatic nitrogens is 1. The van der Waals surface area contributed by atoms with Gasteiger partial charge in [0, 0.05) is 37.4 Å². The predicted octanol–water partition coefficient (Wildman–Crippen LogP) is 4.21. The lowest BCUT2D eigenvalue weighted by atomic mass is 9.84. The van der Waals surface area contributed by atoms with E-state index < -0.39 is 0 Å². The lowest BCUT2D eigenvalue weighted by molar-refractivity contribution is -0.133. The number of hydrogen-bond donors (Lipinski definition) is 1. The van der Waals surface area contributed by atoms with E-state index in [0.717, 1.165) is 47.6 Å². The number of methoxy groups -OCH3 is 1. The van der Waals surface area contributed by atoms with Gasteiger partial charge in [0.1, 0.15) is 11.3 Å². The minimum Gasteiger partial charge on any atom is -0.497 e. The molecule has 5 rings (SSSR count). The number of rotatable bonds is 7. The first kappa shape index (κ1) is 22.4. The van der Waals surface area contributed by atoms with Crippen LogP contribution < -0.4 is 10.1 Å². The Kier molecular flexibility index (Phi) is 6.26. The van der Waals surface area contributed by atoms with E-state index in [2.05, 4.69) is 10.3 Å². The molecule has 0 aliphatic carbocycles. The Hall–Kier alpha value is -3.35. The van der Waals surface area contributed by atoms with Crippen LogP contribution in [0.15, 0.2) is 52.9 Å². The molecule has 3 aromatic rings. The molecule has 7 heteroatoms. The number of para-hydroxylation sites is 2. The summed E-state index contributed by atoms with van der Waals surface area (Å²) in [6, 6.07) is 15.7. The van der Waals surface area contributed by atoms with Gasteiger partial charge in [-0.2, -0.15) is 0 Å². The molecule has 0 spiro atoms. The predicted molar refractivity (Wildman–Crippen MR) is 129 cm³/mol. The number of likely N-dealkylation sites (tertiary alicyclic amines) is 1. The maximum Gasteiger partial charge on any atom is 0.222 e. The van der Waals surface area contributed by atoms with E-state index in [-0.39, 0.29) is 23.3 Å². The summed E-state index contributed by atoms with van der Waals surface area (Å²) in [7, 11) is 1.65. The molecule has 2 saturated heterocycles. The highest BCUT2D eigenvalue weighted by molar-refractivity contribution is 5.80. The van der Waals surface area contributed by atoms with Crippen molar-refractivity contribution in [2.45, 2.75) is 56.4 Å². The molecule has 34 heavy (non-hydrogen) atoms. The van der Waals surface area contributed by atoms with Crippen LogP contribution in [0, 0.1) is 0 Å². The molecule has 2 amide bonds. The fourth-order valence-electron chi connectivity index (χ4n) is 5.30. The number of ether oxygens (including phenoxy) is 1. The molecule has 178 valence electrons. The number of nitrogens with zero attached hydrogens (tertiary/aromatic N) is 2. The Balaban J connectivity index is 1.18. The minimum absolute atomic E-state index is 0.0643. The zero-order valence-electron chi connectivity index (χ0n) is 19.6. The number of amides is 2. The first-order valence-corrected chi connectivity index (χ1v) is 12.1. The number of carbonyl (C=O) groups excluding carboxylic acids is 2. The number of benzene rings is 2. The molecule has 2 aliphatic rings. The van der Waals surface area contributed by atoms with E-state index in [1.54, 1.807) is 7.11 Å². The molecule has 2 aliphatic heterocycles. The Bertz CT molecular complexity index is 1150. The molecule has 3 heterocycles. The molecular weight excluding hydrogens is 430 g/mol. The van der Waals surface area contributed by atoms with Crippen LogP contribution in [-0.2, 0) is 16.0 Å². The smallest absolute Gasteiger partial charge is 0.222 e. The number of hydrogen-bond acceptors (Lipinski definition) is 5. The van der Waals surface area contributed by atoms with Crippen LogP contribution in [0.25, 0.3) is 11.1 Å². The summed E-state index contributed by atoms with van der Waals surface area (Å²) in [6.07, 6.45) is 4.72. The fourth-order valence-corrected chi connectivity index (χ4v) is 5.30. The summed E-state index contributed by atoms with van der Waals surface area (Å²) in [5.41, 5.74) is 2.43. The van der Waals surface area contributed by atoms with Gasteiger partial charge in [-0.1, -0.05) is 24.3 Å². The Labute approximate surface area is 199 Å². The van der Waals surface area contributed by atoms with Crippen LogP contribution in [0.5, 0.6) is 5.75 Å². The van der Waals surface area contributed by atoms with Crippen LogP contribution in [0.4, 0.5) is 0 Å². The van der Waals surface area contributed by atoms with Crippen LogP contribution in [0.2, 0.25) is 0 Å². The second kappa shape index (κ2) is 9.49. The largest absolute Gasteiger partial charge is 0.497 e. The van der Waals surface area contributed by atoms with E-state index >= 15 is 0 Å². The SMILES string of the molecule is COc1cccc(CC2(CCC(=O)N3CCC(c4nc5ccccc5o4)CC3)CCC(=O)N2)c1. The second-order valence-corrected chi connectivity index (χ2v) is 9.53. The maximum atomic E-state index is 13.1. The van der Waals surface area contributed by atoms with Crippen LogP contribution in [0.3, 0.4) is 0 Å². The van der Waals surface area contributed by atoms with Crippen LogP contribution >= 0.6 is 0 Å². The topological polar surface area (TPSA) is 84.7 Å².